The highest BCUT2D eigenvalue weighted by molar-refractivity contribution is 6.14. The van der Waals surface area contributed by atoms with E-state index in [9.17, 15) is 24.5 Å². The second-order valence-electron chi connectivity index (χ2n) is 8.67. The van der Waals surface area contributed by atoms with Crippen LogP contribution in [-0.2, 0) is 9.59 Å². The maximum Gasteiger partial charge on any atom is 0.270 e. The van der Waals surface area contributed by atoms with Gasteiger partial charge in [0, 0.05) is 29.9 Å². The van der Waals surface area contributed by atoms with Crippen molar-refractivity contribution in [3.8, 4) is 0 Å². The van der Waals surface area contributed by atoms with Gasteiger partial charge < -0.3 is 4.90 Å². The maximum atomic E-state index is 13.8. The van der Waals surface area contributed by atoms with Crippen LogP contribution in [0.5, 0.6) is 0 Å². The summed E-state index contributed by atoms with van der Waals surface area (Å²) in [6.07, 6.45) is 5.37. The van der Waals surface area contributed by atoms with E-state index in [1.165, 1.54) is 29.2 Å². The molecule has 8 heteroatoms. The smallest absolute Gasteiger partial charge is 0.270 e. The molecule has 4 atom stereocenters. The summed E-state index contributed by atoms with van der Waals surface area (Å²) in [5.41, 5.74) is 1.65. The number of amides is 2. The van der Waals surface area contributed by atoms with Crippen molar-refractivity contribution in [2.24, 2.45) is 11.8 Å². The van der Waals surface area contributed by atoms with E-state index in [1.807, 2.05) is 48.2 Å². The molecule has 0 unspecified atom stereocenters. The molecule has 2 aromatic rings. The molecular weight excluding hydrogens is 422 g/mol. The Bertz CT molecular complexity index is 1210. The van der Waals surface area contributed by atoms with Gasteiger partial charge in [-0.3, -0.25) is 29.4 Å². The number of fused-ring (bicyclic) bond motifs is 5. The van der Waals surface area contributed by atoms with Crippen LogP contribution in [0.15, 0.2) is 54.6 Å². The zero-order chi connectivity index (χ0) is 23.3. The van der Waals surface area contributed by atoms with E-state index in [0.717, 1.165) is 17.7 Å². The third kappa shape index (κ3) is 3.16. The third-order valence-corrected chi connectivity index (χ3v) is 6.85. The summed E-state index contributed by atoms with van der Waals surface area (Å²) in [5, 5.41) is 11.3. The molecule has 33 heavy (non-hydrogen) atoms. The van der Waals surface area contributed by atoms with E-state index < -0.39 is 28.8 Å². The molecule has 0 spiro atoms. The lowest BCUT2D eigenvalue weighted by molar-refractivity contribution is -0.384. The molecule has 5 rings (SSSR count). The van der Waals surface area contributed by atoms with Gasteiger partial charge in [-0.2, -0.15) is 0 Å². The summed E-state index contributed by atoms with van der Waals surface area (Å²) < 4.78 is 0. The average Bonchev–Trinajstić information content (AvgIpc) is 3.30. The van der Waals surface area contributed by atoms with Crippen molar-refractivity contribution in [1.82, 2.24) is 4.90 Å². The van der Waals surface area contributed by atoms with Gasteiger partial charge in [-0.25, -0.2) is 0 Å². The van der Waals surface area contributed by atoms with E-state index in [0.29, 0.717) is 13.0 Å². The molecule has 8 nitrogen and oxygen atoms in total. The lowest BCUT2D eigenvalue weighted by atomic mass is 9.86. The van der Waals surface area contributed by atoms with Gasteiger partial charge in [0.15, 0.2) is 5.78 Å². The number of non-ortho nitro benzene ring substituents is 1. The highest BCUT2D eigenvalue weighted by Gasteiger charge is 2.63. The highest BCUT2D eigenvalue weighted by atomic mass is 16.6. The fourth-order valence-corrected chi connectivity index (χ4v) is 5.36. The lowest BCUT2D eigenvalue weighted by Crippen LogP contribution is -2.48. The summed E-state index contributed by atoms with van der Waals surface area (Å²) >= 11 is 0. The van der Waals surface area contributed by atoms with Crippen LogP contribution in [0, 0.1) is 22.0 Å². The number of unbranched alkanes of at least 4 members (excludes halogenated alkanes) is 1. The number of carbonyl (C=O) groups excluding carboxylic acids is 3. The van der Waals surface area contributed by atoms with Crippen molar-refractivity contribution in [2.75, 3.05) is 11.4 Å². The molecule has 3 aliphatic rings. The monoisotopic (exact) mass is 445 g/mol. The van der Waals surface area contributed by atoms with Crippen molar-refractivity contribution in [1.29, 1.82) is 0 Å². The van der Waals surface area contributed by atoms with E-state index >= 15 is 0 Å². The highest BCUT2D eigenvalue weighted by Crippen LogP contribution is 2.49. The number of carbonyl (C=O) groups is 3. The molecule has 3 heterocycles. The van der Waals surface area contributed by atoms with Gasteiger partial charge in [-0.1, -0.05) is 55.8 Å². The number of rotatable bonds is 6. The number of nitrogens with zero attached hydrogens (tertiary/aromatic N) is 3. The zero-order valence-electron chi connectivity index (χ0n) is 18.1. The number of imide groups is 1. The standard InChI is InChI=1S/C25H23N3O5/c1-2-3-13-26-24(30)20-19-12-11-15-7-4-5-10-18(15)27(19)22(21(20)25(26)31)23(29)16-8-6-9-17(14-16)28(32)33/h4-12,14,19-22H,2-3,13H2,1H3/t19-,20-,21-,22-/m1/s1. The number of nitro groups is 1. The number of ketones is 1. The number of likely N-dealkylation sites (tertiary alicyclic amines) is 1. The van der Waals surface area contributed by atoms with Crippen LogP contribution in [0.4, 0.5) is 11.4 Å². The maximum absolute atomic E-state index is 13.8. The number of hydrogen-bond acceptors (Lipinski definition) is 6. The van der Waals surface area contributed by atoms with Crippen molar-refractivity contribution in [3.05, 3.63) is 75.8 Å². The first-order valence-electron chi connectivity index (χ1n) is 11.1. The molecule has 168 valence electrons. The zero-order valence-corrected chi connectivity index (χ0v) is 18.1. The Hall–Kier alpha value is -3.81. The number of anilines is 1. The van der Waals surface area contributed by atoms with Crippen LogP contribution >= 0.6 is 0 Å². The predicted octanol–water partition coefficient (Wildman–Crippen LogP) is 3.46. The van der Waals surface area contributed by atoms with Crippen LogP contribution in [0.2, 0.25) is 0 Å². The van der Waals surface area contributed by atoms with Crippen molar-refractivity contribution >= 4 is 35.0 Å². The van der Waals surface area contributed by atoms with Crippen LogP contribution in [-0.4, -0.2) is 46.0 Å². The molecule has 2 saturated heterocycles. The first-order valence-corrected chi connectivity index (χ1v) is 11.1. The molecule has 0 aliphatic carbocycles. The Kier molecular flexibility index (Phi) is 5.08. The normalized spacial score (nSPS) is 25.1. The fourth-order valence-electron chi connectivity index (χ4n) is 5.36. The molecular formula is C25H23N3O5. The van der Waals surface area contributed by atoms with Gasteiger partial charge in [0.1, 0.15) is 6.04 Å². The fraction of sp³-hybridized carbons (Fsp3) is 0.320. The van der Waals surface area contributed by atoms with E-state index in [-0.39, 0.29) is 28.8 Å². The largest absolute Gasteiger partial charge is 0.352 e. The summed E-state index contributed by atoms with van der Waals surface area (Å²) in [7, 11) is 0. The summed E-state index contributed by atoms with van der Waals surface area (Å²) in [5.74, 6) is -2.46. The van der Waals surface area contributed by atoms with Gasteiger partial charge in [0.2, 0.25) is 11.8 Å². The molecule has 0 aromatic heterocycles. The molecule has 2 amide bonds. The average molecular weight is 445 g/mol. The van der Waals surface area contributed by atoms with Crippen molar-refractivity contribution < 1.29 is 19.3 Å². The SMILES string of the molecule is CCCCN1C(=O)[C@@H]2[C@H](C1=O)[C@H]1C=Cc3ccccc3N1[C@H]2C(=O)c1cccc([N+](=O)[O-])c1. The summed E-state index contributed by atoms with van der Waals surface area (Å²) in [4.78, 5) is 54.6. The topological polar surface area (TPSA) is 101 Å². The second-order valence-corrected chi connectivity index (χ2v) is 8.67. The molecule has 0 bridgehead atoms. The first-order chi connectivity index (χ1) is 15.9. The van der Waals surface area contributed by atoms with Crippen LogP contribution < -0.4 is 4.90 Å². The molecule has 0 radical (unpaired) electrons. The van der Waals surface area contributed by atoms with Crippen LogP contribution in [0.1, 0.15) is 35.7 Å². The summed E-state index contributed by atoms with van der Waals surface area (Å²) in [6, 6.07) is 11.8. The Labute approximate surface area is 190 Å². The number of hydrogen-bond donors (Lipinski definition) is 0. The summed E-state index contributed by atoms with van der Waals surface area (Å²) in [6.45, 7) is 2.33. The Morgan fingerprint density at radius 1 is 1.06 bits per heavy atom. The Morgan fingerprint density at radius 3 is 2.58 bits per heavy atom. The third-order valence-electron chi connectivity index (χ3n) is 6.85. The second kappa shape index (κ2) is 7.95. The van der Waals surface area contributed by atoms with E-state index in [1.54, 1.807) is 0 Å². The molecule has 3 aliphatic heterocycles. The number of para-hydroxylation sites is 1. The lowest BCUT2D eigenvalue weighted by Gasteiger charge is -2.36. The van der Waals surface area contributed by atoms with Crippen LogP contribution in [0.25, 0.3) is 6.08 Å². The quantitative estimate of drug-likeness (QED) is 0.292. The minimum atomic E-state index is -0.920. The minimum absolute atomic E-state index is 0.160. The van der Waals surface area contributed by atoms with Gasteiger partial charge in [0.05, 0.1) is 22.8 Å². The number of nitro benzene ring substituents is 1. The van der Waals surface area contributed by atoms with E-state index in [2.05, 4.69) is 0 Å². The Balaban J connectivity index is 1.62. The van der Waals surface area contributed by atoms with E-state index in [4.69, 9.17) is 0 Å². The molecule has 2 fully saturated rings. The van der Waals surface area contributed by atoms with Gasteiger partial charge in [-0.05, 0) is 18.1 Å². The minimum Gasteiger partial charge on any atom is -0.352 e. The van der Waals surface area contributed by atoms with Gasteiger partial charge >= 0.3 is 0 Å². The molecule has 0 saturated carbocycles. The number of Topliss-reactive ketones (excluding diaryl/α,β-unsaturated/α-hetero) is 1. The predicted molar refractivity (Wildman–Crippen MR) is 122 cm³/mol. The van der Waals surface area contributed by atoms with Crippen molar-refractivity contribution in [3.63, 3.8) is 0 Å². The van der Waals surface area contributed by atoms with Crippen LogP contribution in [0.3, 0.4) is 0 Å². The van der Waals surface area contributed by atoms with Gasteiger partial charge in [-0.15, -0.1) is 0 Å². The molecule has 0 N–H and O–H groups in total. The number of benzene rings is 2. The van der Waals surface area contributed by atoms with Crippen molar-refractivity contribution in [2.45, 2.75) is 31.8 Å². The Morgan fingerprint density at radius 2 is 1.82 bits per heavy atom. The van der Waals surface area contributed by atoms with Gasteiger partial charge in [0.25, 0.3) is 5.69 Å². The first kappa shape index (κ1) is 21.1. The molecule has 2 aromatic carbocycles.